The van der Waals surface area contributed by atoms with E-state index in [0.717, 1.165) is 39.8 Å². The molecule has 0 fully saturated rings. The number of aromatic nitrogens is 1. The van der Waals surface area contributed by atoms with E-state index in [1.54, 1.807) is 6.20 Å². The SMILES string of the molecule is O=C(Cc1ccc2c(c1)CCO2)N[C@H](Cc1c[nH]c2ccccc12)C(=O)O. The molecule has 1 aliphatic rings. The summed E-state index contributed by atoms with van der Waals surface area (Å²) in [5.74, 6) is -0.487. The number of nitrogens with one attached hydrogen (secondary N) is 2. The molecule has 0 unspecified atom stereocenters. The molecule has 0 saturated carbocycles. The first kappa shape index (κ1) is 17.1. The number of para-hydroxylation sites is 1. The summed E-state index contributed by atoms with van der Waals surface area (Å²) < 4.78 is 5.47. The molecular formula is C21H20N2O4. The Balaban J connectivity index is 1.45. The Bertz CT molecular complexity index is 1010. The van der Waals surface area contributed by atoms with Gasteiger partial charge in [0.15, 0.2) is 0 Å². The molecule has 0 radical (unpaired) electrons. The van der Waals surface area contributed by atoms with Crippen molar-refractivity contribution in [3.63, 3.8) is 0 Å². The maximum atomic E-state index is 12.4. The maximum Gasteiger partial charge on any atom is 0.326 e. The Morgan fingerprint density at radius 1 is 1.22 bits per heavy atom. The van der Waals surface area contributed by atoms with Gasteiger partial charge in [-0.2, -0.15) is 0 Å². The molecular weight excluding hydrogens is 344 g/mol. The van der Waals surface area contributed by atoms with E-state index in [4.69, 9.17) is 4.74 Å². The van der Waals surface area contributed by atoms with Crippen LogP contribution in [0.2, 0.25) is 0 Å². The summed E-state index contributed by atoms with van der Waals surface area (Å²) in [6.07, 6.45) is 3.00. The van der Waals surface area contributed by atoms with Gasteiger partial charge in [0, 0.05) is 29.9 Å². The lowest BCUT2D eigenvalue weighted by Crippen LogP contribution is -2.43. The van der Waals surface area contributed by atoms with Crippen LogP contribution >= 0.6 is 0 Å². The fourth-order valence-corrected chi connectivity index (χ4v) is 3.50. The number of fused-ring (bicyclic) bond motifs is 2. The molecule has 3 aromatic rings. The molecule has 0 spiro atoms. The lowest BCUT2D eigenvalue weighted by Gasteiger charge is -2.14. The van der Waals surface area contributed by atoms with Gasteiger partial charge in [0.2, 0.25) is 5.91 Å². The average Bonchev–Trinajstić information content (AvgIpc) is 3.27. The van der Waals surface area contributed by atoms with Crippen LogP contribution < -0.4 is 10.1 Å². The first-order valence-electron chi connectivity index (χ1n) is 8.92. The zero-order valence-corrected chi connectivity index (χ0v) is 14.7. The summed E-state index contributed by atoms with van der Waals surface area (Å²) in [7, 11) is 0. The van der Waals surface area contributed by atoms with Gasteiger partial charge in [-0.3, -0.25) is 4.79 Å². The molecule has 4 rings (SSSR count). The van der Waals surface area contributed by atoms with E-state index < -0.39 is 12.0 Å². The van der Waals surface area contributed by atoms with Gasteiger partial charge in [-0.25, -0.2) is 4.79 Å². The fourth-order valence-electron chi connectivity index (χ4n) is 3.50. The second-order valence-electron chi connectivity index (χ2n) is 6.74. The van der Waals surface area contributed by atoms with Crippen LogP contribution in [0.25, 0.3) is 10.9 Å². The molecule has 1 atom stereocenters. The Morgan fingerprint density at radius 3 is 2.93 bits per heavy atom. The molecule has 0 bridgehead atoms. The topological polar surface area (TPSA) is 91.4 Å². The van der Waals surface area contributed by atoms with Gasteiger partial charge in [-0.1, -0.05) is 30.3 Å². The Morgan fingerprint density at radius 2 is 2.07 bits per heavy atom. The van der Waals surface area contributed by atoms with E-state index in [-0.39, 0.29) is 18.7 Å². The van der Waals surface area contributed by atoms with Gasteiger partial charge in [-0.05, 0) is 28.8 Å². The Labute approximate surface area is 156 Å². The van der Waals surface area contributed by atoms with Crippen molar-refractivity contribution in [2.24, 2.45) is 0 Å². The van der Waals surface area contributed by atoms with Crippen molar-refractivity contribution < 1.29 is 19.4 Å². The molecule has 1 amide bonds. The minimum Gasteiger partial charge on any atom is -0.493 e. The molecule has 1 aliphatic heterocycles. The zero-order chi connectivity index (χ0) is 18.8. The van der Waals surface area contributed by atoms with Crippen LogP contribution in [0, 0.1) is 0 Å². The summed E-state index contributed by atoms with van der Waals surface area (Å²) in [5.41, 5.74) is 3.76. The highest BCUT2D eigenvalue weighted by Gasteiger charge is 2.22. The number of hydrogen-bond donors (Lipinski definition) is 3. The number of carboxylic acid groups (broad SMARTS) is 1. The van der Waals surface area contributed by atoms with Gasteiger partial charge >= 0.3 is 5.97 Å². The molecule has 1 aromatic heterocycles. The third-order valence-electron chi connectivity index (χ3n) is 4.85. The van der Waals surface area contributed by atoms with Crippen molar-refractivity contribution in [3.05, 3.63) is 65.4 Å². The van der Waals surface area contributed by atoms with E-state index in [0.29, 0.717) is 6.61 Å². The van der Waals surface area contributed by atoms with E-state index in [1.165, 1.54) is 0 Å². The smallest absolute Gasteiger partial charge is 0.326 e. The summed E-state index contributed by atoms with van der Waals surface area (Å²) in [6.45, 7) is 0.663. The Kier molecular flexibility index (Phi) is 4.54. The number of carboxylic acids is 1. The molecule has 6 heteroatoms. The van der Waals surface area contributed by atoms with Crippen molar-refractivity contribution in [2.45, 2.75) is 25.3 Å². The number of aromatic amines is 1. The summed E-state index contributed by atoms with van der Waals surface area (Å²) in [4.78, 5) is 27.2. The van der Waals surface area contributed by atoms with Crippen molar-refractivity contribution in [1.82, 2.24) is 10.3 Å². The third kappa shape index (κ3) is 3.65. The van der Waals surface area contributed by atoms with E-state index in [2.05, 4.69) is 10.3 Å². The monoisotopic (exact) mass is 364 g/mol. The normalized spacial score (nSPS) is 13.8. The molecule has 2 heterocycles. The van der Waals surface area contributed by atoms with Crippen LogP contribution in [0.5, 0.6) is 5.75 Å². The average molecular weight is 364 g/mol. The number of aliphatic carboxylic acids is 1. The quantitative estimate of drug-likeness (QED) is 0.627. The van der Waals surface area contributed by atoms with Crippen LogP contribution in [-0.4, -0.2) is 34.6 Å². The molecule has 3 N–H and O–H groups in total. The number of ether oxygens (including phenoxy) is 1. The van der Waals surface area contributed by atoms with Crippen molar-refractivity contribution in [3.8, 4) is 5.75 Å². The molecule has 138 valence electrons. The lowest BCUT2D eigenvalue weighted by molar-refractivity contribution is -0.141. The van der Waals surface area contributed by atoms with Crippen molar-refractivity contribution >= 4 is 22.8 Å². The molecule has 27 heavy (non-hydrogen) atoms. The lowest BCUT2D eigenvalue weighted by atomic mass is 10.0. The number of rotatable bonds is 6. The third-order valence-corrected chi connectivity index (χ3v) is 4.85. The number of benzene rings is 2. The van der Waals surface area contributed by atoms with Crippen molar-refractivity contribution in [1.29, 1.82) is 0 Å². The van der Waals surface area contributed by atoms with Crippen LogP contribution in [0.3, 0.4) is 0 Å². The maximum absolute atomic E-state index is 12.4. The van der Waals surface area contributed by atoms with E-state index in [9.17, 15) is 14.7 Å². The summed E-state index contributed by atoms with van der Waals surface area (Å²) in [6, 6.07) is 12.4. The van der Waals surface area contributed by atoms with E-state index >= 15 is 0 Å². The first-order valence-corrected chi connectivity index (χ1v) is 8.92. The van der Waals surface area contributed by atoms with E-state index in [1.807, 2.05) is 42.5 Å². The van der Waals surface area contributed by atoms with Gasteiger partial charge < -0.3 is 20.1 Å². The number of H-pyrrole nitrogens is 1. The Hall–Kier alpha value is -3.28. The van der Waals surface area contributed by atoms with Crippen LogP contribution in [-0.2, 0) is 28.9 Å². The fraction of sp³-hybridized carbons (Fsp3) is 0.238. The van der Waals surface area contributed by atoms with Gasteiger partial charge in [-0.15, -0.1) is 0 Å². The standard InChI is InChI=1S/C21H20N2O4/c24-20(10-13-5-6-19-14(9-13)7-8-27-19)23-18(21(25)26)11-15-12-22-17-4-2-1-3-16(15)17/h1-6,9,12,18,22H,7-8,10-11H2,(H,23,24)(H,25,26)/t18-/m1/s1. The van der Waals surface area contributed by atoms with Crippen LogP contribution in [0.15, 0.2) is 48.7 Å². The number of carbonyl (C=O) groups excluding carboxylic acids is 1. The number of hydrogen-bond acceptors (Lipinski definition) is 3. The van der Waals surface area contributed by atoms with Gasteiger partial charge in [0.05, 0.1) is 13.0 Å². The largest absolute Gasteiger partial charge is 0.493 e. The first-order chi connectivity index (χ1) is 13.1. The van der Waals surface area contributed by atoms with Gasteiger partial charge in [0.25, 0.3) is 0 Å². The summed E-state index contributed by atoms with van der Waals surface area (Å²) in [5, 5.41) is 13.2. The molecule has 2 aromatic carbocycles. The minimum absolute atomic E-state index is 0.144. The van der Waals surface area contributed by atoms with Crippen molar-refractivity contribution in [2.75, 3.05) is 6.61 Å². The number of carbonyl (C=O) groups is 2. The highest BCUT2D eigenvalue weighted by atomic mass is 16.5. The highest BCUT2D eigenvalue weighted by molar-refractivity contribution is 5.87. The van der Waals surface area contributed by atoms with Gasteiger partial charge in [0.1, 0.15) is 11.8 Å². The minimum atomic E-state index is -1.05. The molecule has 0 aliphatic carbocycles. The second kappa shape index (κ2) is 7.15. The zero-order valence-electron chi connectivity index (χ0n) is 14.7. The predicted octanol–water partition coefficient (Wildman–Crippen LogP) is 2.46. The highest BCUT2D eigenvalue weighted by Crippen LogP contribution is 2.26. The summed E-state index contributed by atoms with van der Waals surface area (Å²) >= 11 is 0. The number of amides is 1. The molecule has 0 saturated heterocycles. The van der Waals surface area contributed by atoms with Crippen LogP contribution in [0.4, 0.5) is 0 Å². The van der Waals surface area contributed by atoms with Crippen LogP contribution in [0.1, 0.15) is 16.7 Å². The molecule has 6 nitrogen and oxygen atoms in total. The predicted molar refractivity (Wildman–Crippen MR) is 101 cm³/mol. The second-order valence-corrected chi connectivity index (χ2v) is 6.74.